The van der Waals surface area contributed by atoms with Gasteiger partial charge in [0.25, 0.3) is 0 Å². The zero-order chi connectivity index (χ0) is 14.7. The number of esters is 1. The summed E-state index contributed by atoms with van der Waals surface area (Å²) in [4.78, 5) is 18.8. The highest BCUT2D eigenvalue weighted by molar-refractivity contribution is 5.90. The molecule has 0 spiro atoms. The third kappa shape index (κ3) is 2.75. The van der Waals surface area contributed by atoms with Crippen molar-refractivity contribution in [2.75, 3.05) is 33.3 Å². The summed E-state index contributed by atoms with van der Waals surface area (Å²) in [6, 6.07) is 7.61. The van der Waals surface area contributed by atoms with Gasteiger partial charge in [0.15, 0.2) is 0 Å². The topological polar surface area (TPSA) is 54.5 Å². The number of hydrogen-bond acceptors (Lipinski definition) is 5. The number of nitrogens with one attached hydrogen (secondary N) is 1. The number of methoxy groups -OCH3 is 1. The summed E-state index contributed by atoms with van der Waals surface area (Å²) in [5.41, 5.74) is 0.918. The summed E-state index contributed by atoms with van der Waals surface area (Å²) in [7, 11) is 1.44. The number of fused-ring (bicyclic) bond motifs is 1. The maximum Gasteiger partial charge on any atom is 0.327 e. The lowest BCUT2D eigenvalue weighted by molar-refractivity contribution is -0.147. The minimum Gasteiger partial charge on any atom is -0.468 e. The average molecular weight is 285 g/mol. The lowest BCUT2D eigenvalue weighted by Crippen LogP contribution is -2.47. The number of benzene rings is 1. The summed E-state index contributed by atoms with van der Waals surface area (Å²) in [6.07, 6.45) is 3.61. The summed E-state index contributed by atoms with van der Waals surface area (Å²) in [5.74, 6) is -0.227. The van der Waals surface area contributed by atoms with Crippen LogP contribution in [-0.4, -0.2) is 49.1 Å². The second-order valence-electron chi connectivity index (χ2n) is 5.16. The maximum atomic E-state index is 12.3. The number of piperazine rings is 1. The highest BCUT2D eigenvalue weighted by Gasteiger charge is 2.31. The van der Waals surface area contributed by atoms with E-state index in [1.54, 1.807) is 6.20 Å². The van der Waals surface area contributed by atoms with E-state index in [-0.39, 0.29) is 5.97 Å². The van der Waals surface area contributed by atoms with Crippen LogP contribution < -0.4 is 5.32 Å². The molecule has 1 aliphatic rings. The standard InChI is InChI=1S/C16H19N3O2/c1-21-16(20)15(19-8-6-17-7-9-19)14-11-18-10-12-4-2-3-5-13(12)14/h2-5,10-11,15,17H,6-9H2,1H3. The Kier molecular flexibility index (Phi) is 4.13. The van der Waals surface area contributed by atoms with E-state index in [0.29, 0.717) is 0 Å². The molecule has 0 amide bonds. The fourth-order valence-corrected chi connectivity index (χ4v) is 2.88. The predicted molar refractivity (Wildman–Crippen MR) is 80.9 cm³/mol. The summed E-state index contributed by atoms with van der Waals surface area (Å²) in [5, 5.41) is 5.40. The van der Waals surface area contributed by atoms with Crippen LogP contribution in [0.5, 0.6) is 0 Å². The molecule has 1 atom stereocenters. The molecule has 0 radical (unpaired) electrons. The number of pyridine rings is 1. The second-order valence-corrected chi connectivity index (χ2v) is 5.16. The van der Waals surface area contributed by atoms with E-state index in [4.69, 9.17) is 4.74 Å². The summed E-state index contributed by atoms with van der Waals surface area (Å²) >= 11 is 0. The van der Waals surface area contributed by atoms with E-state index in [1.807, 2.05) is 30.5 Å². The Morgan fingerprint density at radius 1 is 1.29 bits per heavy atom. The van der Waals surface area contributed by atoms with Crippen LogP contribution in [0.1, 0.15) is 11.6 Å². The molecule has 3 rings (SSSR count). The molecule has 5 heteroatoms. The van der Waals surface area contributed by atoms with Gasteiger partial charge in [-0.2, -0.15) is 0 Å². The second kappa shape index (κ2) is 6.20. The van der Waals surface area contributed by atoms with Gasteiger partial charge in [0.05, 0.1) is 7.11 Å². The van der Waals surface area contributed by atoms with Crippen molar-refractivity contribution in [1.29, 1.82) is 0 Å². The minimum atomic E-state index is -0.393. The van der Waals surface area contributed by atoms with Crippen molar-refractivity contribution >= 4 is 16.7 Å². The number of nitrogens with zero attached hydrogens (tertiary/aromatic N) is 2. The van der Waals surface area contributed by atoms with Gasteiger partial charge in [0.1, 0.15) is 6.04 Å². The first-order chi connectivity index (χ1) is 10.3. The molecule has 1 saturated heterocycles. The van der Waals surface area contributed by atoms with Crippen LogP contribution in [0.3, 0.4) is 0 Å². The molecule has 5 nitrogen and oxygen atoms in total. The monoisotopic (exact) mass is 285 g/mol. The number of rotatable bonds is 3. The van der Waals surface area contributed by atoms with E-state index in [2.05, 4.69) is 15.2 Å². The van der Waals surface area contributed by atoms with E-state index in [1.165, 1.54) is 7.11 Å². The Morgan fingerprint density at radius 2 is 2.05 bits per heavy atom. The molecule has 110 valence electrons. The molecule has 0 bridgehead atoms. The zero-order valence-electron chi connectivity index (χ0n) is 12.1. The fraction of sp³-hybridized carbons (Fsp3) is 0.375. The van der Waals surface area contributed by atoms with Gasteiger partial charge in [-0.1, -0.05) is 24.3 Å². The molecular weight excluding hydrogens is 266 g/mol. The average Bonchev–Trinajstić information content (AvgIpc) is 2.56. The van der Waals surface area contributed by atoms with E-state index in [9.17, 15) is 4.79 Å². The van der Waals surface area contributed by atoms with Gasteiger partial charge < -0.3 is 10.1 Å². The lowest BCUT2D eigenvalue weighted by Gasteiger charge is -2.33. The Morgan fingerprint density at radius 3 is 2.81 bits per heavy atom. The number of carbonyl (C=O) groups excluding carboxylic acids is 1. The molecule has 1 N–H and O–H groups in total. The molecule has 2 heterocycles. The number of ether oxygens (including phenoxy) is 1. The van der Waals surface area contributed by atoms with Crippen LogP contribution in [0.4, 0.5) is 0 Å². The molecule has 1 unspecified atom stereocenters. The Bertz CT molecular complexity index is 633. The highest BCUT2D eigenvalue weighted by Crippen LogP contribution is 2.28. The normalized spacial score (nSPS) is 17.6. The quantitative estimate of drug-likeness (QED) is 0.863. The molecule has 1 aromatic carbocycles. The van der Waals surface area contributed by atoms with E-state index < -0.39 is 6.04 Å². The molecule has 1 fully saturated rings. The Hall–Kier alpha value is -1.98. The number of aromatic nitrogens is 1. The van der Waals surface area contributed by atoms with Crippen molar-refractivity contribution in [3.05, 3.63) is 42.2 Å². The first kappa shape index (κ1) is 14.0. The van der Waals surface area contributed by atoms with Gasteiger partial charge >= 0.3 is 5.97 Å². The van der Waals surface area contributed by atoms with Crippen LogP contribution in [-0.2, 0) is 9.53 Å². The van der Waals surface area contributed by atoms with Gasteiger partial charge in [-0.3, -0.25) is 9.88 Å². The fourth-order valence-electron chi connectivity index (χ4n) is 2.88. The van der Waals surface area contributed by atoms with Crippen molar-refractivity contribution in [3.8, 4) is 0 Å². The first-order valence-corrected chi connectivity index (χ1v) is 7.16. The molecule has 1 aliphatic heterocycles. The van der Waals surface area contributed by atoms with Crippen molar-refractivity contribution in [1.82, 2.24) is 15.2 Å². The van der Waals surface area contributed by atoms with Crippen LogP contribution in [0.15, 0.2) is 36.7 Å². The maximum absolute atomic E-state index is 12.3. The minimum absolute atomic E-state index is 0.227. The Balaban J connectivity index is 2.07. The first-order valence-electron chi connectivity index (χ1n) is 7.16. The number of hydrogen-bond donors (Lipinski definition) is 1. The van der Waals surface area contributed by atoms with Gasteiger partial charge in [0, 0.05) is 49.5 Å². The van der Waals surface area contributed by atoms with Gasteiger partial charge in [-0.25, -0.2) is 4.79 Å². The van der Waals surface area contributed by atoms with Crippen LogP contribution in [0.2, 0.25) is 0 Å². The largest absolute Gasteiger partial charge is 0.468 e. The molecular formula is C16H19N3O2. The lowest BCUT2D eigenvalue weighted by atomic mass is 10.00. The summed E-state index contributed by atoms with van der Waals surface area (Å²) in [6.45, 7) is 3.41. The van der Waals surface area contributed by atoms with Crippen LogP contribution >= 0.6 is 0 Å². The van der Waals surface area contributed by atoms with Crippen LogP contribution in [0, 0.1) is 0 Å². The molecule has 0 saturated carbocycles. The molecule has 0 aliphatic carbocycles. The zero-order valence-corrected chi connectivity index (χ0v) is 12.1. The van der Waals surface area contributed by atoms with Crippen molar-refractivity contribution < 1.29 is 9.53 Å². The smallest absolute Gasteiger partial charge is 0.327 e. The summed E-state index contributed by atoms with van der Waals surface area (Å²) < 4.78 is 5.04. The van der Waals surface area contributed by atoms with Crippen LogP contribution in [0.25, 0.3) is 10.8 Å². The van der Waals surface area contributed by atoms with E-state index >= 15 is 0 Å². The van der Waals surface area contributed by atoms with Crippen molar-refractivity contribution in [2.24, 2.45) is 0 Å². The molecule has 1 aromatic heterocycles. The third-order valence-corrected chi connectivity index (χ3v) is 3.93. The van der Waals surface area contributed by atoms with Crippen molar-refractivity contribution in [2.45, 2.75) is 6.04 Å². The van der Waals surface area contributed by atoms with Gasteiger partial charge in [-0.05, 0) is 5.39 Å². The predicted octanol–water partition coefficient (Wildman–Crippen LogP) is 1.35. The van der Waals surface area contributed by atoms with E-state index in [0.717, 1.165) is 42.5 Å². The third-order valence-electron chi connectivity index (χ3n) is 3.93. The van der Waals surface area contributed by atoms with Gasteiger partial charge in [-0.15, -0.1) is 0 Å². The van der Waals surface area contributed by atoms with Gasteiger partial charge in [0.2, 0.25) is 0 Å². The van der Waals surface area contributed by atoms with Crippen molar-refractivity contribution in [3.63, 3.8) is 0 Å². The molecule has 21 heavy (non-hydrogen) atoms. The SMILES string of the molecule is COC(=O)C(c1cncc2ccccc12)N1CCNCC1. The Labute approximate surface area is 123 Å². The molecule has 2 aromatic rings. The highest BCUT2D eigenvalue weighted by atomic mass is 16.5. The number of carbonyl (C=O) groups is 1.